The summed E-state index contributed by atoms with van der Waals surface area (Å²) >= 11 is 0. The molecule has 2 heterocycles. The number of carbonyl (C=O) groups is 2. The van der Waals surface area contributed by atoms with Gasteiger partial charge in [-0.25, -0.2) is 0 Å². The Morgan fingerprint density at radius 1 is 1.15 bits per heavy atom. The first-order valence-electron chi connectivity index (χ1n) is 9.05. The Bertz CT molecular complexity index is 786. The first kappa shape index (κ1) is 19.0. The van der Waals surface area contributed by atoms with Gasteiger partial charge < -0.3 is 14.8 Å². The molecule has 142 valence electrons. The molecule has 27 heavy (non-hydrogen) atoms. The van der Waals surface area contributed by atoms with Gasteiger partial charge in [0.05, 0.1) is 12.5 Å². The third kappa shape index (κ3) is 4.71. The van der Waals surface area contributed by atoms with E-state index in [1.54, 1.807) is 12.4 Å². The standard InChI is InChI=1S/C21H24N2O4/c1-26-19(24)15-23-20(25)21(7-11-27-12-8-21)14-16-3-2-4-18(13-16)17-5-9-22-10-6-17/h2-6,9-10,13H,7-8,11-12,14-15H2,1H3,(H,23,25). The third-order valence-corrected chi connectivity index (χ3v) is 5.04. The van der Waals surface area contributed by atoms with Crippen LogP contribution in [0.2, 0.25) is 0 Å². The number of aromatic nitrogens is 1. The summed E-state index contributed by atoms with van der Waals surface area (Å²) in [7, 11) is 1.31. The number of hydrogen-bond donors (Lipinski definition) is 1. The topological polar surface area (TPSA) is 77.5 Å². The molecule has 3 rings (SSSR count). The van der Waals surface area contributed by atoms with Crippen molar-refractivity contribution in [1.29, 1.82) is 0 Å². The minimum absolute atomic E-state index is 0.116. The van der Waals surface area contributed by atoms with Crippen molar-refractivity contribution in [3.05, 3.63) is 54.4 Å². The quantitative estimate of drug-likeness (QED) is 0.792. The molecule has 1 N–H and O–H groups in total. The highest BCUT2D eigenvalue weighted by atomic mass is 16.5. The Morgan fingerprint density at radius 2 is 1.89 bits per heavy atom. The fourth-order valence-electron chi connectivity index (χ4n) is 3.45. The predicted molar refractivity (Wildman–Crippen MR) is 101 cm³/mol. The molecule has 1 aromatic carbocycles. The van der Waals surface area contributed by atoms with E-state index in [9.17, 15) is 9.59 Å². The highest BCUT2D eigenvalue weighted by Gasteiger charge is 2.40. The Balaban J connectivity index is 1.80. The van der Waals surface area contributed by atoms with Gasteiger partial charge in [0.15, 0.2) is 0 Å². The summed E-state index contributed by atoms with van der Waals surface area (Å²) < 4.78 is 10.1. The minimum atomic E-state index is -0.580. The maximum atomic E-state index is 12.9. The van der Waals surface area contributed by atoms with E-state index in [4.69, 9.17) is 4.74 Å². The Kier molecular flexibility index (Phi) is 6.19. The van der Waals surface area contributed by atoms with Crippen molar-refractivity contribution in [1.82, 2.24) is 10.3 Å². The number of benzene rings is 1. The van der Waals surface area contributed by atoms with Gasteiger partial charge in [-0.05, 0) is 48.1 Å². The second-order valence-electron chi connectivity index (χ2n) is 6.76. The lowest BCUT2D eigenvalue weighted by Crippen LogP contribution is -2.47. The van der Waals surface area contributed by atoms with Crippen LogP contribution in [-0.2, 0) is 25.5 Å². The van der Waals surface area contributed by atoms with Crippen molar-refractivity contribution >= 4 is 11.9 Å². The summed E-state index contributed by atoms with van der Waals surface area (Å²) in [5.74, 6) is -0.573. The molecular weight excluding hydrogens is 344 g/mol. The molecular formula is C21H24N2O4. The number of nitrogens with zero attached hydrogens (tertiary/aromatic N) is 1. The number of esters is 1. The molecule has 2 aromatic rings. The minimum Gasteiger partial charge on any atom is -0.468 e. The highest BCUT2D eigenvalue weighted by molar-refractivity contribution is 5.86. The van der Waals surface area contributed by atoms with Crippen LogP contribution in [0, 0.1) is 5.41 Å². The molecule has 0 saturated carbocycles. The molecule has 0 aliphatic carbocycles. The summed E-state index contributed by atoms with van der Waals surface area (Å²) in [6.07, 6.45) is 5.38. The molecule has 0 spiro atoms. The van der Waals surface area contributed by atoms with Crippen LogP contribution in [0.4, 0.5) is 0 Å². The lowest BCUT2D eigenvalue weighted by atomic mass is 9.74. The molecule has 1 saturated heterocycles. The maximum absolute atomic E-state index is 12.9. The van der Waals surface area contributed by atoms with Gasteiger partial charge in [0, 0.05) is 25.6 Å². The molecule has 6 nitrogen and oxygen atoms in total. The van der Waals surface area contributed by atoms with Crippen molar-refractivity contribution in [3.63, 3.8) is 0 Å². The lowest BCUT2D eigenvalue weighted by molar-refractivity contribution is -0.144. The molecule has 0 bridgehead atoms. The van der Waals surface area contributed by atoms with Gasteiger partial charge in [-0.3, -0.25) is 14.6 Å². The van der Waals surface area contributed by atoms with Crippen LogP contribution in [0.3, 0.4) is 0 Å². The molecule has 1 amide bonds. The van der Waals surface area contributed by atoms with E-state index in [0.29, 0.717) is 32.5 Å². The van der Waals surface area contributed by atoms with Crippen molar-refractivity contribution in [2.45, 2.75) is 19.3 Å². The summed E-state index contributed by atoms with van der Waals surface area (Å²) in [6, 6.07) is 12.1. The van der Waals surface area contributed by atoms with Crippen molar-refractivity contribution < 1.29 is 19.1 Å². The Morgan fingerprint density at radius 3 is 2.59 bits per heavy atom. The van der Waals surface area contributed by atoms with Gasteiger partial charge in [-0.15, -0.1) is 0 Å². The smallest absolute Gasteiger partial charge is 0.325 e. The van der Waals surface area contributed by atoms with E-state index in [0.717, 1.165) is 16.7 Å². The van der Waals surface area contributed by atoms with E-state index in [1.807, 2.05) is 30.3 Å². The second kappa shape index (κ2) is 8.77. The molecule has 1 aromatic heterocycles. The summed E-state index contributed by atoms with van der Waals surface area (Å²) in [5.41, 5.74) is 2.68. The zero-order valence-corrected chi connectivity index (χ0v) is 15.4. The average molecular weight is 368 g/mol. The van der Waals surface area contributed by atoms with Gasteiger partial charge in [-0.1, -0.05) is 24.3 Å². The van der Waals surface area contributed by atoms with E-state index >= 15 is 0 Å². The zero-order chi connectivity index (χ0) is 19.1. The zero-order valence-electron chi connectivity index (χ0n) is 15.4. The molecule has 0 atom stereocenters. The summed E-state index contributed by atoms with van der Waals surface area (Å²) in [4.78, 5) is 28.4. The molecule has 1 fully saturated rings. The fourth-order valence-corrected chi connectivity index (χ4v) is 3.45. The van der Waals surface area contributed by atoms with E-state index in [2.05, 4.69) is 21.1 Å². The number of rotatable bonds is 6. The van der Waals surface area contributed by atoms with E-state index in [1.165, 1.54) is 7.11 Å². The SMILES string of the molecule is COC(=O)CNC(=O)C1(Cc2cccc(-c3ccncc3)c2)CCOCC1. The van der Waals surface area contributed by atoms with Crippen molar-refractivity contribution in [2.24, 2.45) is 5.41 Å². The summed E-state index contributed by atoms with van der Waals surface area (Å²) in [5, 5.41) is 2.73. The van der Waals surface area contributed by atoms with Crippen LogP contribution in [0.5, 0.6) is 0 Å². The third-order valence-electron chi connectivity index (χ3n) is 5.04. The molecule has 1 aliphatic rings. The predicted octanol–water partition coefficient (Wildman–Crippen LogP) is 2.38. The number of nitrogens with one attached hydrogen (secondary N) is 1. The second-order valence-corrected chi connectivity index (χ2v) is 6.76. The van der Waals surface area contributed by atoms with Gasteiger partial charge in [0.2, 0.25) is 5.91 Å². The number of amides is 1. The lowest BCUT2D eigenvalue weighted by Gasteiger charge is -2.36. The van der Waals surface area contributed by atoms with Gasteiger partial charge in [0.1, 0.15) is 6.54 Å². The molecule has 6 heteroatoms. The van der Waals surface area contributed by atoms with Crippen LogP contribution in [0.1, 0.15) is 18.4 Å². The van der Waals surface area contributed by atoms with Crippen LogP contribution in [0.25, 0.3) is 11.1 Å². The first-order valence-corrected chi connectivity index (χ1v) is 9.05. The number of methoxy groups -OCH3 is 1. The Labute approximate surface area is 158 Å². The van der Waals surface area contributed by atoms with Crippen molar-refractivity contribution in [3.8, 4) is 11.1 Å². The monoisotopic (exact) mass is 368 g/mol. The van der Waals surface area contributed by atoms with Gasteiger partial charge in [0.25, 0.3) is 0 Å². The summed E-state index contributed by atoms with van der Waals surface area (Å²) in [6.45, 7) is 0.959. The number of ether oxygens (including phenoxy) is 2. The largest absolute Gasteiger partial charge is 0.468 e. The Hall–Kier alpha value is -2.73. The van der Waals surface area contributed by atoms with E-state index in [-0.39, 0.29) is 12.5 Å². The van der Waals surface area contributed by atoms with Crippen LogP contribution in [0.15, 0.2) is 48.8 Å². The normalized spacial score (nSPS) is 15.7. The highest BCUT2D eigenvalue weighted by Crippen LogP contribution is 2.35. The van der Waals surface area contributed by atoms with Gasteiger partial charge in [-0.2, -0.15) is 0 Å². The first-order chi connectivity index (χ1) is 13.1. The van der Waals surface area contributed by atoms with Crippen LogP contribution in [-0.4, -0.2) is 43.7 Å². The van der Waals surface area contributed by atoms with E-state index < -0.39 is 11.4 Å². The van der Waals surface area contributed by atoms with Crippen LogP contribution >= 0.6 is 0 Å². The fraction of sp³-hybridized carbons (Fsp3) is 0.381. The average Bonchev–Trinajstić information content (AvgIpc) is 2.73. The number of hydrogen-bond acceptors (Lipinski definition) is 5. The van der Waals surface area contributed by atoms with Crippen LogP contribution < -0.4 is 5.32 Å². The molecule has 0 unspecified atom stereocenters. The number of carbonyl (C=O) groups excluding carboxylic acids is 2. The van der Waals surface area contributed by atoms with Crippen molar-refractivity contribution in [2.75, 3.05) is 26.9 Å². The molecule has 1 aliphatic heterocycles. The number of pyridine rings is 1. The van der Waals surface area contributed by atoms with Gasteiger partial charge >= 0.3 is 5.97 Å². The maximum Gasteiger partial charge on any atom is 0.325 e. The molecule has 0 radical (unpaired) electrons.